The molecule has 2 aromatic heterocycles. The first-order valence-electron chi connectivity index (χ1n) is 5.23. The largest absolute Gasteiger partial charge is 0.464 e. The third-order valence-corrected chi connectivity index (χ3v) is 4.31. The van der Waals surface area contributed by atoms with Crippen LogP contribution in [-0.4, -0.2) is 23.8 Å². The Bertz CT molecular complexity index is 572. The number of carbonyl (C=O) groups is 2. The van der Waals surface area contributed by atoms with Crippen molar-refractivity contribution < 1.29 is 14.3 Å². The lowest BCUT2D eigenvalue weighted by molar-refractivity contribution is 0.0591. The molecule has 0 amide bonds. The van der Waals surface area contributed by atoms with Crippen LogP contribution in [0.2, 0.25) is 0 Å². The SMILES string of the molecule is COC(=O)c1nc(Cc2cccs2)sc1C(C)=O. The zero-order valence-corrected chi connectivity index (χ0v) is 11.6. The molecule has 18 heavy (non-hydrogen) atoms. The summed E-state index contributed by atoms with van der Waals surface area (Å²) in [5, 5.41) is 2.74. The van der Waals surface area contributed by atoms with Crippen molar-refractivity contribution in [2.75, 3.05) is 7.11 Å². The third kappa shape index (κ3) is 2.65. The smallest absolute Gasteiger partial charge is 0.358 e. The standard InChI is InChI=1S/C12H11NO3S2/c1-7(14)11-10(12(15)16-2)13-9(18-11)6-8-4-3-5-17-8/h3-5H,6H2,1-2H3. The van der Waals surface area contributed by atoms with Gasteiger partial charge in [0, 0.05) is 18.2 Å². The number of hydrogen-bond acceptors (Lipinski definition) is 6. The molecule has 0 aromatic carbocycles. The summed E-state index contributed by atoms with van der Waals surface area (Å²) >= 11 is 2.88. The summed E-state index contributed by atoms with van der Waals surface area (Å²) in [5.41, 5.74) is 0.126. The summed E-state index contributed by atoms with van der Waals surface area (Å²) in [4.78, 5) is 28.7. The van der Waals surface area contributed by atoms with Crippen LogP contribution >= 0.6 is 22.7 Å². The van der Waals surface area contributed by atoms with Gasteiger partial charge in [0.2, 0.25) is 0 Å². The van der Waals surface area contributed by atoms with Gasteiger partial charge in [-0.05, 0) is 11.4 Å². The maximum Gasteiger partial charge on any atom is 0.358 e. The van der Waals surface area contributed by atoms with Crippen molar-refractivity contribution in [2.24, 2.45) is 0 Å². The van der Waals surface area contributed by atoms with E-state index in [0.717, 1.165) is 9.88 Å². The molecule has 4 nitrogen and oxygen atoms in total. The molecule has 0 N–H and O–H groups in total. The highest BCUT2D eigenvalue weighted by Crippen LogP contribution is 2.24. The zero-order chi connectivity index (χ0) is 13.1. The fraction of sp³-hybridized carbons (Fsp3) is 0.250. The van der Waals surface area contributed by atoms with Crippen LogP contribution < -0.4 is 0 Å². The zero-order valence-electron chi connectivity index (χ0n) is 9.93. The number of hydrogen-bond donors (Lipinski definition) is 0. The topological polar surface area (TPSA) is 56.3 Å². The number of ketones is 1. The molecule has 2 rings (SSSR count). The summed E-state index contributed by atoms with van der Waals surface area (Å²) in [6, 6.07) is 3.96. The van der Waals surface area contributed by atoms with E-state index in [9.17, 15) is 9.59 Å². The van der Waals surface area contributed by atoms with Gasteiger partial charge in [0.25, 0.3) is 0 Å². The normalized spacial score (nSPS) is 10.3. The highest BCUT2D eigenvalue weighted by atomic mass is 32.1. The Morgan fingerprint density at radius 1 is 1.44 bits per heavy atom. The first kappa shape index (κ1) is 12.9. The highest BCUT2D eigenvalue weighted by molar-refractivity contribution is 7.14. The molecule has 0 saturated heterocycles. The number of carbonyl (C=O) groups excluding carboxylic acids is 2. The number of thiazole rings is 1. The molecule has 0 atom stereocenters. The van der Waals surface area contributed by atoms with Crippen LogP contribution in [0.4, 0.5) is 0 Å². The van der Waals surface area contributed by atoms with Crippen LogP contribution in [0.15, 0.2) is 17.5 Å². The molecular formula is C12H11NO3S2. The predicted octanol–water partition coefficient (Wildman–Crippen LogP) is 2.78. The Balaban J connectivity index is 2.33. The Hall–Kier alpha value is -1.53. The molecule has 0 spiro atoms. The minimum atomic E-state index is -0.561. The number of nitrogens with zero attached hydrogens (tertiary/aromatic N) is 1. The van der Waals surface area contributed by atoms with Crippen molar-refractivity contribution in [2.45, 2.75) is 13.3 Å². The van der Waals surface area contributed by atoms with Crippen molar-refractivity contribution >= 4 is 34.4 Å². The summed E-state index contributed by atoms with van der Waals surface area (Å²) < 4.78 is 4.63. The van der Waals surface area contributed by atoms with E-state index in [1.165, 1.54) is 25.4 Å². The maximum atomic E-state index is 11.5. The van der Waals surface area contributed by atoms with E-state index in [2.05, 4.69) is 9.72 Å². The van der Waals surface area contributed by atoms with Gasteiger partial charge in [-0.1, -0.05) is 6.07 Å². The van der Waals surface area contributed by atoms with E-state index in [0.29, 0.717) is 11.3 Å². The van der Waals surface area contributed by atoms with Crippen LogP contribution in [0.5, 0.6) is 0 Å². The van der Waals surface area contributed by atoms with Crippen molar-refractivity contribution in [1.29, 1.82) is 0 Å². The number of Topliss-reactive ketones (excluding diaryl/α,β-unsaturated/α-hetero) is 1. The first-order chi connectivity index (χ1) is 8.61. The maximum absolute atomic E-state index is 11.5. The van der Waals surface area contributed by atoms with Gasteiger partial charge in [-0.25, -0.2) is 9.78 Å². The predicted molar refractivity (Wildman–Crippen MR) is 70.6 cm³/mol. The van der Waals surface area contributed by atoms with Crippen molar-refractivity contribution in [3.05, 3.63) is 38.0 Å². The van der Waals surface area contributed by atoms with Gasteiger partial charge in [0.15, 0.2) is 11.5 Å². The van der Waals surface area contributed by atoms with E-state index < -0.39 is 5.97 Å². The molecule has 0 aliphatic rings. The van der Waals surface area contributed by atoms with E-state index >= 15 is 0 Å². The van der Waals surface area contributed by atoms with Gasteiger partial charge < -0.3 is 4.74 Å². The van der Waals surface area contributed by atoms with Crippen LogP contribution in [0.3, 0.4) is 0 Å². The molecule has 0 aliphatic heterocycles. The number of ether oxygens (including phenoxy) is 1. The van der Waals surface area contributed by atoms with E-state index in [4.69, 9.17) is 0 Å². The minimum Gasteiger partial charge on any atom is -0.464 e. The molecule has 0 bridgehead atoms. The van der Waals surface area contributed by atoms with Gasteiger partial charge in [-0.3, -0.25) is 4.79 Å². The number of esters is 1. The van der Waals surface area contributed by atoms with Crippen LogP contribution in [0, 0.1) is 0 Å². The molecule has 0 aliphatic carbocycles. The Labute approximate surface area is 112 Å². The van der Waals surface area contributed by atoms with Crippen molar-refractivity contribution in [3.63, 3.8) is 0 Å². The summed E-state index contributed by atoms with van der Waals surface area (Å²) in [6.07, 6.45) is 0.638. The molecule has 0 radical (unpaired) electrons. The van der Waals surface area contributed by atoms with Crippen LogP contribution in [0.1, 0.15) is 37.0 Å². The monoisotopic (exact) mass is 281 g/mol. The Morgan fingerprint density at radius 2 is 2.22 bits per heavy atom. The number of rotatable bonds is 4. The summed E-state index contributed by atoms with van der Waals surface area (Å²) in [6.45, 7) is 1.43. The van der Waals surface area contributed by atoms with Gasteiger partial charge in [0.1, 0.15) is 4.88 Å². The second-order valence-electron chi connectivity index (χ2n) is 3.59. The number of methoxy groups -OCH3 is 1. The molecule has 2 aromatic rings. The summed E-state index contributed by atoms with van der Waals surface area (Å²) in [5.74, 6) is -0.723. The second kappa shape index (κ2) is 5.41. The molecule has 6 heteroatoms. The van der Waals surface area contributed by atoms with E-state index in [1.807, 2.05) is 17.5 Å². The van der Waals surface area contributed by atoms with Gasteiger partial charge in [0.05, 0.1) is 12.1 Å². The van der Waals surface area contributed by atoms with Crippen LogP contribution in [0.25, 0.3) is 0 Å². The third-order valence-electron chi connectivity index (χ3n) is 2.28. The van der Waals surface area contributed by atoms with Gasteiger partial charge in [-0.15, -0.1) is 22.7 Å². The lowest BCUT2D eigenvalue weighted by Gasteiger charge is -1.95. The second-order valence-corrected chi connectivity index (χ2v) is 5.71. The molecule has 2 heterocycles. The highest BCUT2D eigenvalue weighted by Gasteiger charge is 2.21. The quantitative estimate of drug-likeness (QED) is 0.638. The fourth-order valence-electron chi connectivity index (χ4n) is 1.48. The fourth-order valence-corrected chi connectivity index (χ4v) is 3.25. The Kier molecular flexibility index (Phi) is 3.88. The van der Waals surface area contributed by atoms with Crippen molar-refractivity contribution in [1.82, 2.24) is 4.98 Å². The lowest BCUT2D eigenvalue weighted by atomic mass is 10.3. The van der Waals surface area contributed by atoms with Crippen molar-refractivity contribution in [3.8, 4) is 0 Å². The number of thiophene rings is 1. The summed E-state index contributed by atoms with van der Waals surface area (Å²) in [7, 11) is 1.28. The van der Waals surface area contributed by atoms with Gasteiger partial charge in [-0.2, -0.15) is 0 Å². The van der Waals surface area contributed by atoms with Gasteiger partial charge >= 0.3 is 5.97 Å². The number of aromatic nitrogens is 1. The average molecular weight is 281 g/mol. The molecule has 0 fully saturated rings. The van der Waals surface area contributed by atoms with E-state index in [1.54, 1.807) is 11.3 Å². The molecule has 94 valence electrons. The molecule has 0 saturated carbocycles. The first-order valence-corrected chi connectivity index (χ1v) is 6.92. The van der Waals surface area contributed by atoms with E-state index in [-0.39, 0.29) is 11.5 Å². The molecular weight excluding hydrogens is 270 g/mol. The lowest BCUT2D eigenvalue weighted by Crippen LogP contribution is -2.07. The molecule has 0 unspecified atom stereocenters. The van der Waals surface area contributed by atoms with Crippen LogP contribution in [-0.2, 0) is 11.2 Å². The Morgan fingerprint density at radius 3 is 2.78 bits per heavy atom. The minimum absolute atomic E-state index is 0.126. The average Bonchev–Trinajstić information content (AvgIpc) is 2.97.